The van der Waals surface area contributed by atoms with E-state index in [0.29, 0.717) is 19.6 Å². The summed E-state index contributed by atoms with van der Waals surface area (Å²) in [6.07, 6.45) is -0.434. The van der Waals surface area contributed by atoms with E-state index in [1.807, 2.05) is 12.1 Å². The van der Waals surface area contributed by atoms with E-state index in [4.69, 9.17) is 5.73 Å². The van der Waals surface area contributed by atoms with Crippen molar-refractivity contribution >= 4 is 21.8 Å². The number of rotatable bonds is 6. The minimum atomic E-state index is -0.434. The molecule has 0 fully saturated rings. The average Bonchev–Trinajstić information content (AvgIpc) is 2.83. The number of hydrogen-bond acceptors (Lipinski definition) is 3. The summed E-state index contributed by atoms with van der Waals surface area (Å²) in [5.41, 5.74) is 7.78. The molecule has 0 saturated heterocycles. The molecule has 110 valence electrons. The van der Waals surface area contributed by atoms with Gasteiger partial charge in [0.2, 0.25) is 0 Å². The molecule has 0 amide bonds. The number of fused-ring (bicyclic) bond motifs is 3. The van der Waals surface area contributed by atoms with Gasteiger partial charge in [-0.2, -0.15) is 0 Å². The van der Waals surface area contributed by atoms with Crippen LogP contribution in [0.2, 0.25) is 0 Å². The van der Waals surface area contributed by atoms with Crippen LogP contribution in [0.25, 0.3) is 21.8 Å². The van der Waals surface area contributed by atoms with E-state index in [-0.39, 0.29) is 0 Å². The second-order valence-corrected chi connectivity index (χ2v) is 5.29. The van der Waals surface area contributed by atoms with Crippen LogP contribution in [0, 0.1) is 0 Å². The molecule has 1 heterocycles. The largest absolute Gasteiger partial charge is 0.390 e. The van der Waals surface area contributed by atoms with Crippen LogP contribution >= 0.6 is 0 Å². The molecular weight excluding hydrogens is 262 g/mol. The van der Waals surface area contributed by atoms with Crippen molar-refractivity contribution in [2.75, 3.05) is 19.6 Å². The monoisotopic (exact) mass is 283 g/mol. The third kappa shape index (κ3) is 2.78. The second-order valence-electron chi connectivity index (χ2n) is 5.29. The SMILES string of the molecule is NCCNCC(O)Cn1c2ccccc2c2ccccc21. The van der Waals surface area contributed by atoms with Gasteiger partial charge in [0.15, 0.2) is 0 Å². The fourth-order valence-electron chi connectivity index (χ4n) is 2.85. The Kier molecular flexibility index (Phi) is 4.20. The number of nitrogens with two attached hydrogens (primary N) is 1. The Morgan fingerprint density at radius 2 is 1.57 bits per heavy atom. The molecule has 4 nitrogen and oxygen atoms in total. The number of hydrogen-bond donors (Lipinski definition) is 3. The van der Waals surface area contributed by atoms with Gasteiger partial charge in [-0.25, -0.2) is 0 Å². The minimum absolute atomic E-state index is 0.434. The number of para-hydroxylation sites is 2. The number of aromatic nitrogens is 1. The first-order valence-corrected chi connectivity index (χ1v) is 7.36. The summed E-state index contributed by atoms with van der Waals surface area (Å²) in [4.78, 5) is 0. The standard InChI is InChI=1S/C17H21N3O/c18-9-10-19-11-13(21)12-20-16-7-3-1-5-14(16)15-6-2-4-8-17(15)20/h1-8,13,19,21H,9-12,18H2. The molecule has 0 saturated carbocycles. The third-order valence-corrected chi connectivity index (χ3v) is 3.77. The van der Waals surface area contributed by atoms with Crippen LogP contribution in [-0.2, 0) is 6.54 Å². The lowest BCUT2D eigenvalue weighted by atomic mass is 10.2. The summed E-state index contributed by atoms with van der Waals surface area (Å²) in [5.74, 6) is 0. The maximum Gasteiger partial charge on any atom is 0.0843 e. The zero-order valence-corrected chi connectivity index (χ0v) is 12.0. The highest BCUT2D eigenvalue weighted by molar-refractivity contribution is 6.07. The van der Waals surface area contributed by atoms with Crippen molar-refractivity contribution < 1.29 is 5.11 Å². The molecule has 0 aliphatic heterocycles. The minimum Gasteiger partial charge on any atom is -0.390 e. The van der Waals surface area contributed by atoms with Gasteiger partial charge in [-0.3, -0.25) is 0 Å². The lowest BCUT2D eigenvalue weighted by Gasteiger charge is -2.14. The summed E-state index contributed by atoms with van der Waals surface area (Å²) in [6, 6.07) is 16.7. The molecule has 0 bridgehead atoms. The van der Waals surface area contributed by atoms with Gasteiger partial charge in [-0.1, -0.05) is 36.4 Å². The Hall–Kier alpha value is -1.88. The normalized spacial score (nSPS) is 13.0. The number of nitrogens with one attached hydrogen (secondary N) is 1. The Morgan fingerprint density at radius 3 is 2.14 bits per heavy atom. The van der Waals surface area contributed by atoms with Crippen molar-refractivity contribution in [2.24, 2.45) is 5.73 Å². The molecule has 0 aliphatic carbocycles. The number of benzene rings is 2. The van der Waals surface area contributed by atoms with Gasteiger partial charge in [-0.15, -0.1) is 0 Å². The molecule has 1 unspecified atom stereocenters. The lowest BCUT2D eigenvalue weighted by Crippen LogP contribution is -2.33. The van der Waals surface area contributed by atoms with Gasteiger partial charge in [-0.05, 0) is 12.1 Å². The maximum absolute atomic E-state index is 10.2. The van der Waals surface area contributed by atoms with Crippen LogP contribution < -0.4 is 11.1 Å². The van der Waals surface area contributed by atoms with Gasteiger partial charge < -0.3 is 20.7 Å². The van der Waals surface area contributed by atoms with Crippen LogP contribution in [0.1, 0.15) is 0 Å². The van der Waals surface area contributed by atoms with Gasteiger partial charge in [0.1, 0.15) is 0 Å². The van der Waals surface area contributed by atoms with E-state index in [1.54, 1.807) is 0 Å². The zero-order valence-electron chi connectivity index (χ0n) is 12.0. The molecule has 4 N–H and O–H groups in total. The van der Waals surface area contributed by atoms with Crippen molar-refractivity contribution in [1.29, 1.82) is 0 Å². The van der Waals surface area contributed by atoms with E-state index in [0.717, 1.165) is 17.6 Å². The predicted octanol–water partition coefficient (Wildman–Crippen LogP) is 1.70. The molecule has 3 rings (SSSR count). The van der Waals surface area contributed by atoms with Gasteiger partial charge >= 0.3 is 0 Å². The van der Waals surface area contributed by atoms with Crippen molar-refractivity contribution in [2.45, 2.75) is 12.6 Å². The van der Waals surface area contributed by atoms with Crippen LogP contribution in [-0.4, -0.2) is 35.4 Å². The molecule has 2 aromatic carbocycles. The molecule has 4 heteroatoms. The Bertz CT molecular complexity index is 682. The number of aliphatic hydroxyl groups excluding tert-OH is 1. The first-order valence-electron chi connectivity index (χ1n) is 7.36. The predicted molar refractivity (Wildman–Crippen MR) is 87.4 cm³/mol. The summed E-state index contributed by atoms with van der Waals surface area (Å²) >= 11 is 0. The summed E-state index contributed by atoms with van der Waals surface area (Å²) < 4.78 is 2.19. The fourth-order valence-corrected chi connectivity index (χ4v) is 2.85. The molecule has 0 radical (unpaired) electrons. The van der Waals surface area contributed by atoms with Crippen LogP contribution in [0.5, 0.6) is 0 Å². The second kappa shape index (κ2) is 6.26. The number of nitrogens with zero attached hydrogens (tertiary/aromatic N) is 1. The highest BCUT2D eigenvalue weighted by Gasteiger charge is 2.12. The molecule has 1 aromatic heterocycles. The number of aliphatic hydroxyl groups is 1. The Balaban J connectivity index is 1.96. The Morgan fingerprint density at radius 1 is 1.00 bits per heavy atom. The highest BCUT2D eigenvalue weighted by atomic mass is 16.3. The smallest absolute Gasteiger partial charge is 0.0843 e. The van der Waals surface area contributed by atoms with Gasteiger partial charge in [0.25, 0.3) is 0 Å². The zero-order chi connectivity index (χ0) is 14.7. The quantitative estimate of drug-likeness (QED) is 0.603. The van der Waals surface area contributed by atoms with E-state index in [2.05, 4.69) is 46.3 Å². The third-order valence-electron chi connectivity index (χ3n) is 3.77. The first-order chi connectivity index (χ1) is 10.3. The summed E-state index contributed by atoms with van der Waals surface area (Å²) in [5, 5.41) is 15.9. The molecule has 1 atom stereocenters. The van der Waals surface area contributed by atoms with E-state index in [9.17, 15) is 5.11 Å². The highest BCUT2D eigenvalue weighted by Crippen LogP contribution is 2.28. The van der Waals surface area contributed by atoms with Crippen molar-refractivity contribution in [3.05, 3.63) is 48.5 Å². The molecule has 0 spiro atoms. The van der Waals surface area contributed by atoms with Crippen molar-refractivity contribution in [1.82, 2.24) is 9.88 Å². The lowest BCUT2D eigenvalue weighted by molar-refractivity contribution is 0.155. The van der Waals surface area contributed by atoms with Gasteiger partial charge in [0, 0.05) is 41.4 Å². The molecule has 0 aliphatic rings. The molecule has 3 aromatic rings. The topological polar surface area (TPSA) is 63.2 Å². The average molecular weight is 283 g/mol. The maximum atomic E-state index is 10.2. The van der Waals surface area contributed by atoms with Crippen LogP contribution in [0.3, 0.4) is 0 Å². The van der Waals surface area contributed by atoms with E-state index >= 15 is 0 Å². The summed E-state index contributed by atoms with van der Waals surface area (Å²) in [6.45, 7) is 2.44. The van der Waals surface area contributed by atoms with Crippen molar-refractivity contribution in [3.63, 3.8) is 0 Å². The van der Waals surface area contributed by atoms with E-state index < -0.39 is 6.10 Å². The molecular formula is C17H21N3O. The molecule has 21 heavy (non-hydrogen) atoms. The van der Waals surface area contributed by atoms with E-state index in [1.165, 1.54) is 10.8 Å². The first kappa shape index (κ1) is 14.1. The van der Waals surface area contributed by atoms with Crippen molar-refractivity contribution in [3.8, 4) is 0 Å². The van der Waals surface area contributed by atoms with Crippen LogP contribution in [0.4, 0.5) is 0 Å². The Labute approximate surface area is 124 Å². The van der Waals surface area contributed by atoms with Gasteiger partial charge in [0.05, 0.1) is 12.6 Å². The fraction of sp³-hybridized carbons (Fsp3) is 0.294. The summed E-state index contributed by atoms with van der Waals surface area (Å²) in [7, 11) is 0. The van der Waals surface area contributed by atoms with Crippen LogP contribution in [0.15, 0.2) is 48.5 Å².